The van der Waals surface area contributed by atoms with Crippen LogP contribution in [0.1, 0.15) is 52.3 Å². The quantitative estimate of drug-likeness (QED) is 0.480. The molecule has 158 valence electrons. The van der Waals surface area contributed by atoms with Crippen molar-refractivity contribution in [2.45, 2.75) is 64.2 Å². The number of hydrogen-bond donors (Lipinski definition) is 0. The molecule has 0 spiro atoms. The lowest BCUT2D eigenvalue weighted by Crippen LogP contribution is -2.36. The van der Waals surface area contributed by atoms with Crippen LogP contribution in [0.2, 0.25) is 0 Å². The summed E-state index contributed by atoms with van der Waals surface area (Å²) in [7, 11) is -2.92. The molecule has 0 unspecified atom stereocenters. The number of esters is 1. The average Bonchev–Trinajstić information content (AvgIpc) is 3.19. The first-order chi connectivity index (χ1) is 13.2. The summed E-state index contributed by atoms with van der Waals surface area (Å²) in [5.41, 5.74) is 0. The first-order valence-corrected chi connectivity index (χ1v) is 12.9. The fourth-order valence-corrected chi connectivity index (χ4v) is 6.66. The van der Waals surface area contributed by atoms with Gasteiger partial charge in [0.1, 0.15) is 11.9 Å². The van der Waals surface area contributed by atoms with Crippen molar-refractivity contribution >= 4 is 27.6 Å². The van der Waals surface area contributed by atoms with Gasteiger partial charge in [-0.1, -0.05) is 39.0 Å². The summed E-state index contributed by atoms with van der Waals surface area (Å²) >= 11 is 1.17. The van der Waals surface area contributed by atoms with E-state index in [1.807, 2.05) is 0 Å². The van der Waals surface area contributed by atoms with Crippen molar-refractivity contribution in [2.75, 3.05) is 17.3 Å². The van der Waals surface area contributed by atoms with Crippen LogP contribution in [-0.2, 0) is 25.8 Å². The summed E-state index contributed by atoms with van der Waals surface area (Å²) in [6, 6.07) is 0. The van der Waals surface area contributed by atoms with Crippen LogP contribution in [-0.4, -0.2) is 47.9 Å². The Bertz CT molecular complexity index is 777. The van der Waals surface area contributed by atoms with Gasteiger partial charge in [0.05, 0.1) is 11.5 Å². The third-order valence-electron chi connectivity index (χ3n) is 5.80. The number of carbonyl (C=O) groups is 1. The molecule has 2 fully saturated rings. The largest absolute Gasteiger partial charge is 0.461 e. The number of thioether (sulfide) groups is 1. The molecule has 2 heterocycles. The number of hydrogen-bond acceptors (Lipinski definition) is 8. The molecule has 0 aromatic carbocycles. The van der Waals surface area contributed by atoms with Gasteiger partial charge in [-0.3, -0.25) is 4.79 Å². The van der Waals surface area contributed by atoms with Gasteiger partial charge in [-0.15, -0.1) is 10.2 Å². The maximum absolute atomic E-state index is 12.3. The first kappa shape index (κ1) is 21.6. The van der Waals surface area contributed by atoms with E-state index in [1.54, 1.807) is 0 Å². The van der Waals surface area contributed by atoms with Crippen LogP contribution in [0.25, 0.3) is 0 Å². The zero-order valence-corrected chi connectivity index (χ0v) is 18.4. The Hall–Kier alpha value is -1.09. The molecule has 28 heavy (non-hydrogen) atoms. The zero-order chi connectivity index (χ0) is 20.3. The van der Waals surface area contributed by atoms with E-state index in [2.05, 4.69) is 31.0 Å². The summed E-state index contributed by atoms with van der Waals surface area (Å²) in [5, 5.41) is 8.26. The highest BCUT2D eigenvalue weighted by Crippen LogP contribution is 2.35. The molecule has 1 aromatic heterocycles. The maximum atomic E-state index is 12.3. The molecule has 7 nitrogen and oxygen atoms in total. The van der Waals surface area contributed by atoms with Crippen LogP contribution >= 0.6 is 11.8 Å². The molecule has 0 N–H and O–H groups in total. The molecule has 1 aromatic rings. The smallest absolute Gasteiger partial charge is 0.316 e. The van der Waals surface area contributed by atoms with E-state index < -0.39 is 9.84 Å². The Morgan fingerprint density at radius 1 is 1.29 bits per heavy atom. The third kappa shape index (κ3) is 5.95. The highest BCUT2D eigenvalue weighted by molar-refractivity contribution is 7.99. The Morgan fingerprint density at radius 2 is 2.07 bits per heavy atom. The summed E-state index contributed by atoms with van der Waals surface area (Å²) in [6.45, 7) is 6.58. The topological polar surface area (TPSA) is 99.4 Å². The number of aromatic nitrogens is 2. The monoisotopic (exact) mass is 430 g/mol. The molecular weight excluding hydrogens is 400 g/mol. The van der Waals surface area contributed by atoms with Gasteiger partial charge < -0.3 is 9.15 Å². The van der Waals surface area contributed by atoms with E-state index in [9.17, 15) is 13.2 Å². The van der Waals surface area contributed by atoms with Crippen molar-refractivity contribution in [3.05, 3.63) is 5.89 Å². The Balaban J connectivity index is 1.46. The van der Waals surface area contributed by atoms with Crippen LogP contribution in [0.4, 0.5) is 0 Å². The van der Waals surface area contributed by atoms with E-state index >= 15 is 0 Å². The molecule has 0 radical (unpaired) electrons. The van der Waals surface area contributed by atoms with E-state index in [0.29, 0.717) is 41.7 Å². The molecule has 1 aliphatic carbocycles. The van der Waals surface area contributed by atoms with Gasteiger partial charge in [0.25, 0.3) is 5.22 Å². The van der Waals surface area contributed by atoms with Gasteiger partial charge >= 0.3 is 5.97 Å². The standard InChI is InChI=1S/C19H30N2O5S2/c1-12(2)15-5-4-13(3)8-16(15)25-18(22)10-27-19-21-20-17(26-19)9-14-6-7-28(23,24)11-14/h12-16H,4-11H2,1-3H3/t13-,14+,15-,16+/m1/s1. The van der Waals surface area contributed by atoms with Crippen molar-refractivity contribution in [3.8, 4) is 0 Å². The SMILES string of the molecule is CC(C)[C@H]1CC[C@@H](C)C[C@@H]1OC(=O)CSc1nnc(C[C@@H]2CCS(=O)(=O)C2)o1. The molecule has 4 atom stereocenters. The highest BCUT2D eigenvalue weighted by atomic mass is 32.2. The molecule has 2 aliphatic rings. The summed E-state index contributed by atoms with van der Waals surface area (Å²) in [4.78, 5) is 12.3. The molecule has 1 aliphatic heterocycles. The van der Waals surface area contributed by atoms with Gasteiger partial charge in [-0.25, -0.2) is 8.42 Å². The molecule has 3 rings (SSSR count). The number of nitrogens with zero attached hydrogens (tertiary/aromatic N) is 2. The minimum absolute atomic E-state index is 0.0144. The summed E-state index contributed by atoms with van der Waals surface area (Å²) < 4.78 is 34.4. The van der Waals surface area contributed by atoms with Gasteiger partial charge in [0, 0.05) is 6.42 Å². The van der Waals surface area contributed by atoms with E-state index in [1.165, 1.54) is 18.2 Å². The predicted octanol–water partition coefficient (Wildman–Crippen LogP) is 3.14. The van der Waals surface area contributed by atoms with Gasteiger partial charge in [0.2, 0.25) is 5.89 Å². The van der Waals surface area contributed by atoms with E-state index in [-0.39, 0.29) is 35.2 Å². The maximum Gasteiger partial charge on any atom is 0.316 e. The minimum Gasteiger partial charge on any atom is -0.461 e. The van der Waals surface area contributed by atoms with Crippen molar-refractivity contribution in [2.24, 2.45) is 23.7 Å². The van der Waals surface area contributed by atoms with Crippen LogP contribution < -0.4 is 0 Å². The second kappa shape index (κ2) is 9.15. The van der Waals surface area contributed by atoms with Gasteiger partial charge in [-0.05, 0) is 42.9 Å². The lowest BCUT2D eigenvalue weighted by atomic mass is 9.75. The van der Waals surface area contributed by atoms with Gasteiger partial charge in [-0.2, -0.15) is 0 Å². The average molecular weight is 431 g/mol. The van der Waals surface area contributed by atoms with Crippen molar-refractivity contribution in [3.63, 3.8) is 0 Å². The Morgan fingerprint density at radius 3 is 2.75 bits per heavy atom. The number of rotatable bonds is 7. The van der Waals surface area contributed by atoms with Crippen LogP contribution in [0.15, 0.2) is 9.64 Å². The van der Waals surface area contributed by atoms with Crippen molar-refractivity contribution in [1.82, 2.24) is 10.2 Å². The van der Waals surface area contributed by atoms with Crippen molar-refractivity contribution < 1.29 is 22.4 Å². The number of sulfone groups is 1. The van der Waals surface area contributed by atoms with E-state index in [4.69, 9.17) is 9.15 Å². The molecule has 1 saturated heterocycles. The van der Waals surface area contributed by atoms with Crippen LogP contribution in [0.5, 0.6) is 0 Å². The zero-order valence-electron chi connectivity index (χ0n) is 16.8. The Kier molecular flexibility index (Phi) is 7.07. The predicted molar refractivity (Wildman–Crippen MR) is 107 cm³/mol. The summed E-state index contributed by atoms with van der Waals surface area (Å²) in [5.74, 6) is 2.26. The van der Waals surface area contributed by atoms with Crippen LogP contribution in [0, 0.1) is 23.7 Å². The number of carbonyl (C=O) groups excluding carboxylic acids is 1. The van der Waals surface area contributed by atoms with E-state index in [0.717, 1.165) is 12.8 Å². The molecule has 0 bridgehead atoms. The van der Waals surface area contributed by atoms with Gasteiger partial charge in [0.15, 0.2) is 9.84 Å². The normalized spacial score (nSPS) is 29.9. The first-order valence-electron chi connectivity index (χ1n) is 10.1. The highest BCUT2D eigenvalue weighted by Gasteiger charge is 2.33. The fraction of sp³-hybridized carbons (Fsp3) is 0.842. The number of ether oxygens (including phenoxy) is 1. The summed E-state index contributed by atoms with van der Waals surface area (Å²) in [6.07, 6.45) is 4.31. The lowest BCUT2D eigenvalue weighted by Gasteiger charge is -2.36. The van der Waals surface area contributed by atoms with Crippen molar-refractivity contribution in [1.29, 1.82) is 0 Å². The molecule has 1 saturated carbocycles. The fourth-order valence-electron chi connectivity index (χ4n) is 4.23. The Labute approximate surface area is 171 Å². The molecule has 9 heteroatoms. The van der Waals surface area contributed by atoms with Crippen LogP contribution in [0.3, 0.4) is 0 Å². The molecular formula is C19H30N2O5S2. The second-order valence-corrected chi connectivity index (χ2v) is 11.7. The third-order valence-corrected chi connectivity index (χ3v) is 8.42. The second-order valence-electron chi connectivity index (χ2n) is 8.58. The molecule has 0 amide bonds. The minimum atomic E-state index is -2.92. The lowest BCUT2D eigenvalue weighted by molar-refractivity contribution is -0.152.